The second kappa shape index (κ2) is 5.68. The zero-order chi connectivity index (χ0) is 14.0. The second-order valence-corrected chi connectivity index (χ2v) is 7.51. The number of anilines is 1. The van der Waals surface area contributed by atoms with Crippen LogP contribution in [-0.2, 0) is 10.0 Å². The molecule has 0 amide bonds. The first-order valence-electron chi connectivity index (χ1n) is 6.06. The molecule has 1 heterocycles. The van der Waals surface area contributed by atoms with Crippen molar-refractivity contribution in [2.45, 2.75) is 30.7 Å². The van der Waals surface area contributed by atoms with Gasteiger partial charge in [-0.15, -0.1) is 0 Å². The second-order valence-electron chi connectivity index (χ2n) is 4.67. The molecular formula is C12H17FN2O2S2. The Bertz CT molecular complexity index is 569. The Morgan fingerprint density at radius 3 is 2.84 bits per heavy atom. The van der Waals surface area contributed by atoms with Gasteiger partial charge in [0.15, 0.2) is 0 Å². The molecule has 1 saturated heterocycles. The van der Waals surface area contributed by atoms with E-state index < -0.39 is 15.8 Å². The van der Waals surface area contributed by atoms with Gasteiger partial charge in [-0.1, -0.05) is 0 Å². The van der Waals surface area contributed by atoms with Crippen molar-refractivity contribution in [1.29, 1.82) is 0 Å². The highest BCUT2D eigenvalue weighted by Gasteiger charge is 2.25. The molecule has 4 nitrogen and oxygen atoms in total. The van der Waals surface area contributed by atoms with Crippen LogP contribution in [0.1, 0.15) is 18.4 Å². The van der Waals surface area contributed by atoms with Crippen molar-refractivity contribution in [2.24, 2.45) is 0 Å². The summed E-state index contributed by atoms with van der Waals surface area (Å²) in [5, 5.41) is 0. The van der Waals surface area contributed by atoms with Gasteiger partial charge in [0, 0.05) is 17.5 Å². The number of nitrogen functional groups attached to an aromatic ring is 1. The van der Waals surface area contributed by atoms with Crippen LogP contribution in [0.4, 0.5) is 10.1 Å². The van der Waals surface area contributed by atoms with Gasteiger partial charge in [0.25, 0.3) is 0 Å². The van der Waals surface area contributed by atoms with Crippen molar-refractivity contribution in [2.75, 3.05) is 17.2 Å². The van der Waals surface area contributed by atoms with E-state index in [0.717, 1.165) is 30.4 Å². The Labute approximate surface area is 117 Å². The monoisotopic (exact) mass is 304 g/mol. The topological polar surface area (TPSA) is 72.2 Å². The molecule has 1 atom stereocenters. The number of aryl methyl sites for hydroxylation is 1. The van der Waals surface area contributed by atoms with Gasteiger partial charge in [-0.05, 0) is 43.2 Å². The molecule has 0 aromatic heterocycles. The van der Waals surface area contributed by atoms with E-state index in [4.69, 9.17) is 5.73 Å². The van der Waals surface area contributed by atoms with Crippen molar-refractivity contribution in [3.05, 3.63) is 23.5 Å². The van der Waals surface area contributed by atoms with Crippen LogP contribution in [0.2, 0.25) is 0 Å². The van der Waals surface area contributed by atoms with Crippen LogP contribution >= 0.6 is 11.8 Å². The van der Waals surface area contributed by atoms with Crippen molar-refractivity contribution >= 4 is 27.5 Å². The van der Waals surface area contributed by atoms with E-state index in [0.29, 0.717) is 5.56 Å². The van der Waals surface area contributed by atoms with E-state index in [1.54, 1.807) is 18.7 Å². The number of benzene rings is 1. The summed E-state index contributed by atoms with van der Waals surface area (Å²) < 4.78 is 40.7. The highest BCUT2D eigenvalue weighted by atomic mass is 32.2. The molecule has 2 rings (SSSR count). The minimum Gasteiger partial charge on any atom is -0.398 e. The van der Waals surface area contributed by atoms with Gasteiger partial charge in [0.2, 0.25) is 10.0 Å². The molecule has 7 heteroatoms. The van der Waals surface area contributed by atoms with E-state index in [-0.39, 0.29) is 16.6 Å². The number of nitrogens with two attached hydrogens (primary N) is 1. The minimum absolute atomic E-state index is 0.134. The number of thioether (sulfide) groups is 1. The molecule has 19 heavy (non-hydrogen) atoms. The van der Waals surface area contributed by atoms with E-state index >= 15 is 0 Å². The molecule has 3 N–H and O–H groups in total. The number of hydrogen-bond acceptors (Lipinski definition) is 4. The Morgan fingerprint density at radius 1 is 1.47 bits per heavy atom. The van der Waals surface area contributed by atoms with Crippen LogP contribution in [0.3, 0.4) is 0 Å². The number of rotatable bonds is 3. The fourth-order valence-corrected chi connectivity index (χ4v) is 4.53. The highest BCUT2D eigenvalue weighted by Crippen LogP contribution is 2.23. The van der Waals surface area contributed by atoms with Crippen molar-refractivity contribution in [1.82, 2.24) is 4.72 Å². The maximum absolute atomic E-state index is 13.8. The summed E-state index contributed by atoms with van der Waals surface area (Å²) in [4.78, 5) is -0.369. The van der Waals surface area contributed by atoms with Gasteiger partial charge >= 0.3 is 0 Å². The van der Waals surface area contributed by atoms with Gasteiger partial charge in [-0.25, -0.2) is 17.5 Å². The molecule has 106 valence electrons. The largest absolute Gasteiger partial charge is 0.398 e. The quantitative estimate of drug-likeness (QED) is 0.837. The van der Waals surface area contributed by atoms with Crippen LogP contribution in [0.5, 0.6) is 0 Å². The third-order valence-electron chi connectivity index (χ3n) is 3.09. The average Bonchev–Trinajstić information content (AvgIpc) is 2.34. The summed E-state index contributed by atoms with van der Waals surface area (Å²) in [6.07, 6.45) is 1.76. The lowest BCUT2D eigenvalue weighted by Crippen LogP contribution is -2.38. The van der Waals surface area contributed by atoms with Crippen molar-refractivity contribution in [3.63, 3.8) is 0 Å². The number of halogens is 1. The van der Waals surface area contributed by atoms with E-state index in [1.165, 1.54) is 6.07 Å². The van der Waals surface area contributed by atoms with Gasteiger partial charge in [-0.2, -0.15) is 11.8 Å². The number of sulfonamides is 1. The predicted octanol–water partition coefficient (Wildman–Crippen LogP) is 1.89. The maximum Gasteiger partial charge on any atom is 0.243 e. The molecule has 0 radical (unpaired) electrons. The Morgan fingerprint density at radius 2 is 2.21 bits per heavy atom. The SMILES string of the molecule is Cc1cc(F)c(S(=O)(=O)NC2CCCSC2)cc1N. The first-order chi connectivity index (χ1) is 8.90. The number of hydrogen-bond donors (Lipinski definition) is 2. The summed E-state index contributed by atoms with van der Waals surface area (Å²) in [5.74, 6) is 1.01. The molecule has 1 fully saturated rings. The minimum atomic E-state index is -3.85. The predicted molar refractivity (Wildman–Crippen MR) is 76.2 cm³/mol. The van der Waals surface area contributed by atoms with Gasteiger partial charge in [-0.3, -0.25) is 0 Å². The van der Waals surface area contributed by atoms with Gasteiger partial charge in [0.1, 0.15) is 10.7 Å². The molecule has 0 saturated carbocycles. The van der Waals surface area contributed by atoms with Crippen molar-refractivity contribution in [3.8, 4) is 0 Å². The average molecular weight is 304 g/mol. The third kappa shape index (κ3) is 3.40. The smallest absolute Gasteiger partial charge is 0.243 e. The Kier molecular flexibility index (Phi) is 4.37. The number of nitrogens with one attached hydrogen (secondary N) is 1. The fraction of sp³-hybridized carbons (Fsp3) is 0.500. The Hall–Kier alpha value is -0.790. The van der Waals surface area contributed by atoms with Gasteiger partial charge < -0.3 is 5.73 Å². The molecule has 1 aromatic carbocycles. The molecular weight excluding hydrogens is 287 g/mol. The fourth-order valence-electron chi connectivity index (χ4n) is 1.99. The molecule has 1 aliphatic heterocycles. The first-order valence-corrected chi connectivity index (χ1v) is 8.69. The molecule has 1 unspecified atom stereocenters. The summed E-state index contributed by atoms with van der Waals surface area (Å²) in [6, 6.07) is 2.20. The third-order valence-corrected chi connectivity index (χ3v) is 5.84. The van der Waals surface area contributed by atoms with Crippen LogP contribution < -0.4 is 10.5 Å². The van der Waals surface area contributed by atoms with E-state index in [1.807, 2.05) is 0 Å². The molecule has 1 aliphatic rings. The van der Waals surface area contributed by atoms with Crippen LogP contribution in [-0.4, -0.2) is 26.0 Å². The zero-order valence-electron chi connectivity index (χ0n) is 10.6. The molecule has 0 bridgehead atoms. The summed E-state index contributed by atoms with van der Waals surface area (Å²) in [5.41, 5.74) is 6.47. The summed E-state index contributed by atoms with van der Waals surface area (Å²) in [6.45, 7) is 1.64. The Balaban J connectivity index is 2.26. The van der Waals surface area contributed by atoms with Crippen molar-refractivity contribution < 1.29 is 12.8 Å². The normalized spacial score (nSPS) is 20.4. The molecule has 0 spiro atoms. The highest BCUT2D eigenvalue weighted by molar-refractivity contribution is 7.99. The van der Waals surface area contributed by atoms with E-state index in [2.05, 4.69) is 4.72 Å². The summed E-state index contributed by atoms with van der Waals surface area (Å²) in [7, 11) is -3.85. The standard InChI is InChI=1S/C12H17FN2O2S2/c1-8-5-10(13)12(6-11(8)14)19(16,17)15-9-3-2-4-18-7-9/h5-6,9,15H,2-4,7,14H2,1H3. The maximum atomic E-state index is 13.8. The van der Waals surface area contributed by atoms with Crippen LogP contribution in [0.15, 0.2) is 17.0 Å². The first kappa shape index (κ1) is 14.6. The zero-order valence-corrected chi connectivity index (χ0v) is 12.3. The lowest BCUT2D eigenvalue weighted by molar-refractivity contribution is 0.530. The molecule has 0 aliphatic carbocycles. The van der Waals surface area contributed by atoms with E-state index in [9.17, 15) is 12.8 Å². The summed E-state index contributed by atoms with van der Waals surface area (Å²) >= 11 is 1.70. The van der Waals surface area contributed by atoms with Crippen LogP contribution in [0, 0.1) is 12.7 Å². The van der Waals surface area contributed by atoms with Crippen LogP contribution in [0.25, 0.3) is 0 Å². The van der Waals surface area contributed by atoms with Gasteiger partial charge in [0.05, 0.1) is 0 Å². The lowest BCUT2D eigenvalue weighted by Gasteiger charge is -2.22. The molecule has 1 aromatic rings. The lowest BCUT2D eigenvalue weighted by atomic mass is 10.2.